The number of amides is 1. The second kappa shape index (κ2) is 10.6. The van der Waals surface area contributed by atoms with Crippen molar-refractivity contribution in [2.24, 2.45) is 0 Å². The molecule has 0 unspecified atom stereocenters. The lowest BCUT2D eigenvalue weighted by Gasteiger charge is -2.28. The zero-order valence-corrected chi connectivity index (χ0v) is 18.1. The zero-order valence-electron chi connectivity index (χ0n) is 17.3. The molecule has 1 amide bonds. The number of carbonyl (C=O) groups is 1. The van der Waals surface area contributed by atoms with E-state index < -0.39 is 0 Å². The predicted molar refractivity (Wildman–Crippen MR) is 123 cm³/mol. The van der Waals surface area contributed by atoms with Crippen molar-refractivity contribution in [1.29, 1.82) is 5.26 Å². The molecule has 2 N–H and O–H groups in total. The number of benzene rings is 2. The average Bonchev–Trinajstić information content (AvgIpc) is 2.84. The molecule has 1 saturated heterocycles. The fraction of sp³-hybridized carbons (Fsp3) is 0.217. The van der Waals surface area contributed by atoms with E-state index >= 15 is 0 Å². The largest absolute Gasteiger partial charge is 0.378 e. The number of nitrogens with zero attached hydrogens (tertiary/aromatic N) is 4. The second-order valence-electron chi connectivity index (χ2n) is 6.96. The van der Waals surface area contributed by atoms with Crippen LogP contribution in [-0.2, 0) is 4.74 Å². The van der Waals surface area contributed by atoms with Gasteiger partial charge < -0.3 is 20.3 Å². The number of aromatic nitrogens is 2. The number of hydrogen-bond acceptors (Lipinski definition) is 8. The summed E-state index contributed by atoms with van der Waals surface area (Å²) in [5.74, 6) is 0.248. The van der Waals surface area contributed by atoms with Crippen LogP contribution in [0.3, 0.4) is 0 Å². The molecule has 0 radical (unpaired) electrons. The summed E-state index contributed by atoms with van der Waals surface area (Å²) < 4.78 is 5.41. The topological polar surface area (TPSA) is 103 Å². The lowest BCUT2D eigenvalue weighted by atomic mass is 10.2. The van der Waals surface area contributed by atoms with Gasteiger partial charge in [0.2, 0.25) is 5.95 Å². The Labute approximate surface area is 190 Å². The molecular formula is C23H22N6O2S. The van der Waals surface area contributed by atoms with E-state index in [9.17, 15) is 4.79 Å². The molecule has 0 atom stereocenters. The highest BCUT2D eigenvalue weighted by Crippen LogP contribution is 2.27. The molecule has 1 aliphatic heterocycles. The molecule has 1 fully saturated rings. The summed E-state index contributed by atoms with van der Waals surface area (Å²) >= 11 is 1.48. The fourth-order valence-electron chi connectivity index (χ4n) is 3.18. The van der Waals surface area contributed by atoms with Gasteiger partial charge in [0.1, 0.15) is 11.6 Å². The molecule has 0 aliphatic carbocycles. The van der Waals surface area contributed by atoms with Gasteiger partial charge in [-0.15, -0.1) is 0 Å². The van der Waals surface area contributed by atoms with E-state index in [1.165, 1.54) is 17.4 Å². The number of ether oxygens (including phenoxy) is 1. The summed E-state index contributed by atoms with van der Waals surface area (Å²) in [6.07, 6.45) is 1.71. The Morgan fingerprint density at radius 2 is 1.84 bits per heavy atom. The maximum absolute atomic E-state index is 11.9. The van der Waals surface area contributed by atoms with E-state index in [4.69, 9.17) is 10.00 Å². The average molecular weight is 447 g/mol. The quantitative estimate of drug-likeness (QED) is 0.420. The van der Waals surface area contributed by atoms with Crippen LogP contribution in [0.2, 0.25) is 0 Å². The number of carbonyl (C=O) groups excluding carboxylic acids is 1. The van der Waals surface area contributed by atoms with Crippen molar-refractivity contribution in [3.63, 3.8) is 0 Å². The van der Waals surface area contributed by atoms with Crippen LogP contribution in [0.4, 0.5) is 17.3 Å². The second-order valence-corrected chi connectivity index (χ2v) is 8.05. The van der Waals surface area contributed by atoms with E-state index in [-0.39, 0.29) is 12.5 Å². The molecule has 32 heavy (non-hydrogen) atoms. The molecule has 0 bridgehead atoms. The van der Waals surface area contributed by atoms with Gasteiger partial charge in [-0.1, -0.05) is 11.8 Å². The SMILES string of the molecule is N#CCNC(=O)c1ccc(Sc2ccnc(Nc3ccc(N4CCOCC4)cc3)n2)cc1. The van der Waals surface area contributed by atoms with Crippen molar-refractivity contribution in [2.45, 2.75) is 9.92 Å². The number of morpholine rings is 1. The third-order valence-corrected chi connectivity index (χ3v) is 5.74. The van der Waals surface area contributed by atoms with Crippen molar-refractivity contribution in [2.75, 3.05) is 43.1 Å². The minimum absolute atomic E-state index is 0.0119. The maximum Gasteiger partial charge on any atom is 0.252 e. The summed E-state index contributed by atoms with van der Waals surface area (Å²) in [6.45, 7) is 3.31. The van der Waals surface area contributed by atoms with Gasteiger partial charge in [0, 0.05) is 41.1 Å². The summed E-state index contributed by atoms with van der Waals surface area (Å²) in [6, 6.07) is 19.1. The van der Waals surface area contributed by atoms with Crippen LogP contribution in [0, 0.1) is 11.3 Å². The van der Waals surface area contributed by atoms with Crippen molar-refractivity contribution in [3.8, 4) is 6.07 Å². The zero-order chi connectivity index (χ0) is 22.2. The van der Waals surface area contributed by atoms with Crippen LogP contribution in [0.25, 0.3) is 0 Å². The number of rotatable bonds is 7. The third kappa shape index (κ3) is 5.75. The van der Waals surface area contributed by atoms with Crippen LogP contribution < -0.4 is 15.5 Å². The maximum atomic E-state index is 11.9. The number of hydrogen-bond donors (Lipinski definition) is 2. The third-order valence-electron chi connectivity index (χ3n) is 4.80. The fourth-order valence-corrected chi connectivity index (χ4v) is 3.96. The van der Waals surface area contributed by atoms with E-state index in [1.54, 1.807) is 18.3 Å². The molecule has 4 rings (SSSR count). The van der Waals surface area contributed by atoms with Gasteiger partial charge in [0.05, 0.1) is 19.3 Å². The monoisotopic (exact) mass is 446 g/mol. The van der Waals surface area contributed by atoms with E-state index in [2.05, 4.69) is 37.6 Å². The minimum Gasteiger partial charge on any atom is -0.378 e. The van der Waals surface area contributed by atoms with Crippen molar-refractivity contribution in [1.82, 2.24) is 15.3 Å². The number of nitriles is 1. The highest BCUT2D eigenvalue weighted by atomic mass is 32.2. The van der Waals surface area contributed by atoms with Crippen LogP contribution in [-0.4, -0.2) is 48.7 Å². The summed E-state index contributed by atoms with van der Waals surface area (Å²) in [4.78, 5) is 24.0. The molecule has 3 aromatic rings. The lowest BCUT2D eigenvalue weighted by molar-refractivity contribution is 0.0958. The van der Waals surface area contributed by atoms with Gasteiger partial charge in [0.15, 0.2) is 0 Å². The minimum atomic E-state index is -0.267. The summed E-state index contributed by atoms with van der Waals surface area (Å²) in [5.41, 5.74) is 2.60. The molecule has 0 saturated carbocycles. The van der Waals surface area contributed by atoms with Gasteiger partial charge in [-0.05, 0) is 54.6 Å². The Morgan fingerprint density at radius 1 is 1.09 bits per heavy atom. The van der Waals surface area contributed by atoms with E-state index in [0.29, 0.717) is 11.5 Å². The molecule has 8 nitrogen and oxygen atoms in total. The Hall–Kier alpha value is -3.61. The van der Waals surface area contributed by atoms with Crippen molar-refractivity contribution in [3.05, 3.63) is 66.4 Å². The van der Waals surface area contributed by atoms with Gasteiger partial charge in [-0.25, -0.2) is 9.97 Å². The Bertz CT molecular complexity index is 1090. The van der Waals surface area contributed by atoms with Gasteiger partial charge in [-0.2, -0.15) is 5.26 Å². The summed E-state index contributed by atoms with van der Waals surface area (Å²) in [7, 11) is 0. The van der Waals surface area contributed by atoms with E-state index in [0.717, 1.165) is 41.9 Å². The van der Waals surface area contributed by atoms with Crippen LogP contribution in [0.5, 0.6) is 0 Å². The highest BCUT2D eigenvalue weighted by molar-refractivity contribution is 7.99. The molecule has 9 heteroatoms. The van der Waals surface area contributed by atoms with Gasteiger partial charge in [-0.3, -0.25) is 4.79 Å². The van der Waals surface area contributed by atoms with Gasteiger partial charge in [0.25, 0.3) is 5.91 Å². The molecular weight excluding hydrogens is 424 g/mol. The predicted octanol–water partition coefficient (Wildman–Crippen LogP) is 3.46. The Kier molecular flexibility index (Phi) is 7.17. The molecule has 1 aliphatic rings. The smallest absolute Gasteiger partial charge is 0.252 e. The first-order chi connectivity index (χ1) is 15.7. The van der Waals surface area contributed by atoms with Crippen LogP contribution in [0.1, 0.15) is 10.4 Å². The lowest BCUT2D eigenvalue weighted by Crippen LogP contribution is -2.36. The van der Waals surface area contributed by atoms with E-state index in [1.807, 2.05) is 36.4 Å². The standard InChI is InChI=1S/C23H22N6O2S/c24-10-12-25-22(30)17-1-7-20(8-2-17)32-21-9-11-26-23(28-21)27-18-3-5-19(6-4-18)29-13-15-31-16-14-29/h1-9,11H,12-16H2,(H,25,30)(H,26,27,28). The van der Waals surface area contributed by atoms with Gasteiger partial charge >= 0.3 is 0 Å². The molecule has 0 spiro atoms. The number of anilines is 3. The molecule has 2 heterocycles. The van der Waals surface area contributed by atoms with Crippen molar-refractivity contribution >= 4 is 35.0 Å². The first-order valence-corrected chi connectivity index (χ1v) is 11.0. The van der Waals surface area contributed by atoms with Crippen molar-refractivity contribution < 1.29 is 9.53 Å². The Balaban J connectivity index is 1.37. The number of nitrogens with one attached hydrogen (secondary N) is 2. The van der Waals surface area contributed by atoms with Crippen LogP contribution in [0.15, 0.2) is 70.7 Å². The first kappa shape index (κ1) is 21.6. The summed E-state index contributed by atoms with van der Waals surface area (Å²) in [5, 5.41) is 15.1. The highest BCUT2D eigenvalue weighted by Gasteiger charge is 2.11. The Morgan fingerprint density at radius 3 is 2.56 bits per heavy atom. The molecule has 162 valence electrons. The molecule has 1 aromatic heterocycles. The van der Waals surface area contributed by atoms with Crippen LogP contribution >= 0.6 is 11.8 Å². The normalized spacial score (nSPS) is 13.3. The molecule has 2 aromatic carbocycles. The first-order valence-electron chi connectivity index (χ1n) is 10.2.